The number of rotatable bonds is 20. The van der Waals surface area contributed by atoms with Gasteiger partial charge in [0.15, 0.2) is 34.9 Å². The second kappa shape index (κ2) is 36.2. The van der Waals surface area contributed by atoms with Crippen molar-refractivity contribution in [3.63, 3.8) is 0 Å². The Morgan fingerprint density at radius 1 is 0.114 bits per heavy atom. The van der Waals surface area contributed by atoms with Gasteiger partial charge >= 0.3 is 0 Å². The van der Waals surface area contributed by atoms with E-state index < -0.39 is 0 Å². The molecule has 21 aromatic carbocycles. The predicted octanol–water partition coefficient (Wildman–Crippen LogP) is 34.3. The number of hydrogen-bond donors (Lipinski definition) is 0. The van der Waals surface area contributed by atoms with Crippen LogP contribution in [0.1, 0.15) is 0 Å². The standard InChI is InChI=1S/C132H86N8/c1-9-34-87(35-10-1)109-79-110(88-36-11-2-12-37-88)82-113(81-109)99-52-28-56-105(75-99)129-133-127(91-42-17-5-18-43-91)135-131(137-129)107-58-30-54-103(77-107)117-64-32-66-123-125(117)119-85-101(68-70-121(119)139(123)115-60-21-7-22-61-115)97-50-26-48-95(73-97)93-46-25-47-94(72-93)96-49-27-51-98(74-96)102-69-71-122-120(86-102)126-118(65-33-67-124(126)140(122)116-62-23-8-24-63-116)104-55-31-59-108(78-104)132-136-128(92-44-19-6-20-45-92)134-130(138-132)106-57-29-53-100(76-106)114-83-111(89-38-13-3-14-39-89)80-112(84-114)90-40-15-4-16-41-90/h1-86H. The van der Waals surface area contributed by atoms with Crippen molar-refractivity contribution >= 4 is 43.6 Å². The Labute approximate surface area is 811 Å². The van der Waals surface area contributed by atoms with E-state index in [1.807, 2.05) is 36.4 Å². The van der Waals surface area contributed by atoms with E-state index >= 15 is 0 Å². The summed E-state index contributed by atoms with van der Waals surface area (Å²) >= 11 is 0. The van der Waals surface area contributed by atoms with Crippen LogP contribution >= 0.6 is 0 Å². The maximum absolute atomic E-state index is 5.40. The van der Waals surface area contributed by atoms with Crippen LogP contribution in [0.5, 0.6) is 0 Å². The SMILES string of the molecule is c1ccc(-c2cc(-c3ccccc3)cc(-c3cccc(-c4nc(-c5ccccc5)nc(-c5cccc(-c6cccc7c6c6cc(-c8cccc(-c9cccc(-c%10cccc(-c%11ccc%12c(c%11)c%11c(-c%13cccc(-c%14nc(-c%15ccccc%15)nc(-c%15cccc(-c%16cc(-c%17ccccc%17)cc(-c%17ccccc%17)c%16)c%15)n%14)c%13)cccc%11n%12-c%11ccccc%11)c%10)c9)c8)ccc6n7-c6ccccc6)c5)n4)c3)c2)cc1. The van der Waals surface area contributed by atoms with Crippen LogP contribution in [-0.4, -0.2) is 39.0 Å². The van der Waals surface area contributed by atoms with Gasteiger partial charge in [0.1, 0.15) is 0 Å². The topological polar surface area (TPSA) is 87.2 Å². The van der Waals surface area contributed by atoms with Gasteiger partial charge in [0, 0.05) is 66.3 Å². The van der Waals surface area contributed by atoms with E-state index in [-0.39, 0.29) is 0 Å². The number of nitrogens with zero attached hydrogens (tertiary/aromatic N) is 8. The fourth-order valence-corrected chi connectivity index (χ4v) is 20.1. The summed E-state index contributed by atoms with van der Waals surface area (Å²) in [5.74, 6) is 3.53. The molecule has 25 aromatic rings. The smallest absolute Gasteiger partial charge is 0.164 e. The van der Waals surface area contributed by atoms with Crippen LogP contribution in [0, 0.1) is 0 Å². The van der Waals surface area contributed by atoms with E-state index in [0.29, 0.717) is 34.9 Å². The Kier molecular flexibility index (Phi) is 21.5. The zero-order valence-electron chi connectivity index (χ0n) is 76.2. The van der Waals surface area contributed by atoms with Crippen molar-refractivity contribution in [3.05, 3.63) is 522 Å². The van der Waals surface area contributed by atoms with Crippen molar-refractivity contribution in [2.75, 3.05) is 0 Å². The van der Waals surface area contributed by atoms with Crippen molar-refractivity contribution in [1.29, 1.82) is 0 Å². The maximum atomic E-state index is 5.40. The summed E-state index contributed by atoms with van der Waals surface area (Å²) in [7, 11) is 0. The van der Waals surface area contributed by atoms with Crippen molar-refractivity contribution in [1.82, 2.24) is 39.0 Å². The highest BCUT2D eigenvalue weighted by Crippen LogP contribution is 2.47. The van der Waals surface area contributed by atoms with Gasteiger partial charge in [-0.2, -0.15) is 0 Å². The van der Waals surface area contributed by atoms with Gasteiger partial charge < -0.3 is 9.13 Å². The molecule has 0 aliphatic heterocycles. The van der Waals surface area contributed by atoms with E-state index in [4.69, 9.17) is 29.9 Å². The Morgan fingerprint density at radius 2 is 0.300 bits per heavy atom. The number of para-hydroxylation sites is 2. The fraction of sp³-hybridized carbons (Fsp3) is 0. The normalized spacial score (nSPS) is 11.4. The van der Waals surface area contributed by atoms with Gasteiger partial charge in [-0.1, -0.05) is 382 Å². The molecule has 0 saturated carbocycles. The van der Waals surface area contributed by atoms with Crippen LogP contribution in [0.15, 0.2) is 522 Å². The van der Waals surface area contributed by atoms with Gasteiger partial charge in [-0.15, -0.1) is 0 Å². The Morgan fingerprint density at radius 3 is 0.579 bits per heavy atom. The molecule has 0 saturated heterocycles. The summed E-state index contributed by atoms with van der Waals surface area (Å²) in [4.78, 5) is 32.0. The number of hydrogen-bond acceptors (Lipinski definition) is 6. The highest BCUT2D eigenvalue weighted by molar-refractivity contribution is 6.18. The molecule has 0 unspecified atom stereocenters. The third-order valence-corrected chi connectivity index (χ3v) is 26.9. The van der Waals surface area contributed by atoms with Gasteiger partial charge in [-0.05, 0) is 273 Å². The number of fused-ring (bicyclic) bond motifs is 6. The average molecular weight is 1780 g/mol. The van der Waals surface area contributed by atoms with Crippen LogP contribution in [0.3, 0.4) is 0 Å². The second-order valence-corrected chi connectivity index (χ2v) is 35.7. The van der Waals surface area contributed by atoms with Gasteiger partial charge in [0.2, 0.25) is 0 Å². The molecule has 4 heterocycles. The lowest BCUT2D eigenvalue weighted by Gasteiger charge is -2.13. The summed E-state index contributed by atoms with van der Waals surface area (Å²) in [5, 5.41) is 4.58. The minimum absolute atomic E-state index is 0.582. The van der Waals surface area contributed by atoms with Crippen LogP contribution in [-0.2, 0) is 0 Å². The van der Waals surface area contributed by atoms with Gasteiger partial charge in [-0.3, -0.25) is 0 Å². The largest absolute Gasteiger partial charge is 0.309 e. The highest BCUT2D eigenvalue weighted by Gasteiger charge is 2.25. The Hall–Kier alpha value is -18.8. The van der Waals surface area contributed by atoms with E-state index in [9.17, 15) is 0 Å². The minimum atomic E-state index is 0.582. The van der Waals surface area contributed by atoms with E-state index in [0.717, 1.165) is 222 Å². The van der Waals surface area contributed by atoms with Crippen LogP contribution < -0.4 is 0 Å². The first-order valence-corrected chi connectivity index (χ1v) is 47.5. The van der Waals surface area contributed by atoms with E-state index in [1.54, 1.807) is 0 Å². The molecule has 0 aliphatic carbocycles. The zero-order valence-corrected chi connectivity index (χ0v) is 76.2. The summed E-state index contributed by atoms with van der Waals surface area (Å²) in [5.41, 5.74) is 38.7. The van der Waals surface area contributed by atoms with Gasteiger partial charge in [0.05, 0.1) is 22.1 Å². The molecule has 0 atom stereocenters. The molecular formula is C132H86N8. The average Bonchev–Trinajstić information content (AvgIpc) is 1.58. The summed E-state index contributed by atoms with van der Waals surface area (Å²) in [6.45, 7) is 0. The molecule has 0 radical (unpaired) electrons. The number of benzene rings is 21. The minimum Gasteiger partial charge on any atom is -0.309 e. The van der Waals surface area contributed by atoms with Crippen molar-refractivity contribution in [2.45, 2.75) is 0 Å². The zero-order chi connectivity index (χ0) is 92.8. The molecular weight excluding hydrogens is 1700 g/mol. The fourth-order valence-electron chi connectivity index (χ4n) is 20.1. The molecule has 0 fully saturated rings. The van der Waals surface area contributed by atoms with Crippen LogP contribution in [0.25, 0.3) is 257 Å². The molecule has 0 N–H and O–H groups in total. The highest BCUT2D eigenvalue weighted by atomic mass is 15.0. The maximum Gasteiger partial charge on any atom is 0.164 e. The van der Waals surface area contributed by atoms with Crippen LogP contribution in [0.2, 0.25) is 0 Å². The first kappa shape index (κ1) is 83.1. The third-order valence-electron chi connectivity index (χ3n) is 26.9. The third kappa shape index (κ3) is 16.2. The lowest BCUT2D eigenvalue weighted by molar-refractivity contribution is 1.07. The summed E-state index contributed by atoms with van der Waals surface area (Å²) < 4.78 is 4.81. The molecule has 4 aromatic heterocycles. The summed E-state index contributed by atoms with van der Waals surface area (Å²) in [6.07, 6.45) is 0. The molecule has 140 heavy (non-hydrogen) atoms. The quantitative estimate of drug-likeness (QED) is 0.0756. The predicted molar refractivity (Wildman–Crippen MR) is 580 cm³/mol. The molecule has 0 aliphatic rings. The monoisotopic (exact) mass is 1780 g/mol. The van der Waals surface area contributed by atoms with Crippen molar-refractivity contribution < 1.29 is 0 Å². The molecule has 8 nitrogen and oxygen atoms in total. The van der Waals surface area contributed by atoms with Crippen LogP contribution in [0.4, 0.5) is 0 Å². The lowest BCUT2D eigenvalue weighted by Crippen LogP contribution is -2.00. The first-order chi connectivity index (χ1) is 69.3. The van der Waals surface area contributed by atoms with E-state index in [2.05, 4.69) is 494 Å². The molecule has 0 spiro atoms. The Bertz CT molecular complexity index is 8380. The molecule has 654 valence electrons. The molecule has 0 amide bonds. The molecule has 8 heteroatoms. The molecule has 0 bridgehead atoms. The Balaban J connectivity index is 0.540. The number of aromatic nitrogens is 8. The van der Waals surface area contributed by atoms with Gasteiger partial charge in [0.25, 0.3) is 0 Å². The summed E-state index contributed by atoms with van der Waals surface area (Å²) in [6, 6.07) is 187. The second-order valence-electron chi connectivity index (χ2n) is 35.7. The van der Waals surface area contributed by atoms with E-state index in [1.165, 1.54) is 0 Å². The van der Waals surface area contributed by atoms with Crippen molar-refractivity contribution in [3.8, 4) is 213 Å². The lowest BCUT2D eigenvalue weighted by atomic mass is 9.93. The van der Waals surface area contributed by atoms with Gasteiger partial charge in [-0.25, -0.2) is 29.9 Å². The molecule has 25 rings (SSSR count). The van der Waals surface area contributed by atoms with Crippen molar-refractivity contribution in [2.24, 2.45) is 0 Å². The first-order valence-electron chi connectivity index (χ1n) is 47.5.